The molecule has 1 aromatic carbocycles. The van der Waals surface area contributed by atoms with E-state index in [1.165, 1.54) is 12.1 Å². The van der Waals surface area contributed by atoms with E-state index in [0.717, 1.165) is 6.42 Å². The molecule has 0 radical (unpaired) electrons. The normalized spacial score (nSPS) is 11.4. The van der Waals surface area contributed by atoms with E-state index in [1.807, 2.05) is 20.8 Å². The molecule has 17 heavy (non-hydrogen) atoms. The Hall–Kier alpha value is -0.900. The largest absolute Gasteiger partial charge is 0.337 e. The van der Waals surface area contributed by atoms with E-state index in [4.69, 9.17) is 0 Å². The summed E-state index contributed by atoms with van der Waals surface area (Å²) in [6, 6.07) is 4.39. The van der Waals surface area contributed by atoms with Gasteiger partial charge in [0.25, 0.3) is 5.91 Å². The van der Waals surface area contributed by atoms with Crippen molar-refractivity contribution in [2.45, 2.75) is 32.7 Å². The Morgan fingerprint density at radius 2 is 2.06 bits per heavy atom. The highest BCUT2D eigenvalue weighted by atomic mass is 79.9. The molecule has 0 unspecified atom stereocenters. The van der Waals surface area contributed by atoms with Gasteiger partial charge in [0.15, 0.2) is 0 Å². The van der Waals surface area contributed by atoms with Crippen molar-refractivity contribution in [1.29, 1.82) is 0 Å². The molecule has 0 atom stereocenters. The third-order valence-corrected chi connectivity index (χ3v) is 3.73. The molecule has 0 aliphatic heterocycles. The van der Waals surface area contributed by atoms with Crippen LogP contribution in [-0.4, -0.2) is 23.4 Å². The van der Waals surface area contributed by atoms with Gasteiger partial charge >= 0.3 is 0 Å². The quantitative estimate of drug-likeness (QED) is 0.830. The highest BCUT2D eigenvalue weighted by molar-refractivity contribution is 9.10. The predicted molar refractivity (Wildman–Crippen MR) is 70.6 cm³/mol. The van der Waals surface area contributed by atoms with Crippen molar-refractivity contribution in [2.75, 3.05) is 7.05 Å². The number of nitrogens with zero attached hydrogens (tertiary/aromatic N) is 1. The topological polar surface area (TPSA) is 20.3 Å². The summed E-state index contributed by atoms with van der Waals surface area (Å²) in [6.07, 6.45) is 0.810. The summed E-state index contributed by atoms with van der Waals surface area (Å²) in [6.45, 7) is 5.92. The van der Waals surface area contributed by atoms with E-state index in [9.17, 15) is 9.18 Å². The molecule has 0 fully saturated rings. The van der Waals surface area contributed by atoms with Crippen LogP contribution in [0.1, 0.15) is 37.6 Å². The van der Waals surface area contributed by atoms with Crippen LogP contribution in [0.4, 0.5) is 4.39 Å². The van der Waals surface area contributed by atoms with Gasteiger partial charge in [-0.25, -0.2) is 4.39 Å². The smallest absolute Gasteiger partial charge is 0.257 e. The zero-order chi connectivity index (χ0) is 13.2. The molecule has 0 aliphatic carbocycles. The monoisotopic (exact) mass is 301 g/mol. The minimum atomic E-state index is -0.489. The fourth-order valence-corrected chi connectivity index (χ4v) is 1.72. The lowest BCUT2D eigenvalue weighted by molar-refractivity contribution is 0.0615. The van der Waals surface area contributed by atoms with Gasteiger partial charge in [0, 0.05) is 17.1 Å². The first-order valence-corrected chi connectivity index (χ1v) is 6.32. The lowest BCUT2D eigenvalue weighted by Crippen LogP contribution is -2.44. The molecule has 1 rings (SSSR count). The van der Waals surface area contributed by atoms with Gasteiger partial charge in [-0.3, -0.25) is 4.79 Å². The van der Waals surface area contributed by atoms with E-state index in [0.29, 0.717) is 4.47 Å². The Kier molecular flexibility index (Phi) is 4.31. The van der Waals surface area contributed by atoms with Gasteiger partial charge < -0.3 is 4.90 Å². The van der Waals surface area contributed by atoms with Crippen LogP contribution in [0.15, 0.2) is 22.7 Å². The third-order valence-electron chi connectivity index (χ3n) is 3.24. The Morgan fingerprint density at radius 1 is 1.47 bits per heavy atom. The molecule has 0 spiro atoms. The molecule has 1 amide bonds. The van der Waals surface area contributed by atoms with E-state index >= 15 is 0 Å². The van der Waals surface area contributed by atoms with Gasteiger partial charge in [-0.15, -0.1) is 0 Å². The Morgan fingerprint density at radius 3 is 2.59 bits per heavy atom. The average Bonchev–Trinajstić information content (AvgIpc) is 2.30. The van der Waals surface area contributed by atoms with Crippen molar-refractivity contribution in [1.82, 2.24) is 4.90 Å². The lowest BCUT2D eigenvalue weighted by atomic mass is 9.99. The van der Waals surface area contributed by atoms with E-state index in [-0.39, 0.29) is 17.0 Å². The first-order chi connectivity index (χ1) is 7.79. The van der Waals surface area contributed by atoms with Crippen LogP contribution in [-0.2, 0) is 0 Å². The molecule has 0 bridgehead atoms. The standard InChI is InChI=1S/C13H17BrFNO/c1-5-13(2,3)16(4)12(17)10-8-9(14)6-7-11(10)15/h6-8H,5H2,1-4H3. The molecule has 0 saturated heterocycles. The van der Waals surface area contributed by atoms with E-state index in [2.05, 4.69) is 15.9 Å². The summed E-state index contributed by atoms with van der Waals surface area (Å²) in [7, 11) is 1.70. The predicted octanol–water partition coefficient (Wildman–Crippen LogP) is 3.85. The molecule has 0 aliphatic rings. The molecule has 2 nitrogen and oxygen atoms in total. The van der Waals surface area contributed by atoms with Crippen molar-refractivity contribution < 1.29 is 9.18 Å². The Balaban J connectivity index is 3.08. The second-order valence-corrected chi connectivity index (χ2v) is 5.57. The van der Waals surface area contributed by atoms with Gasteiger partial charge in [-0.2, -0.15) is 0 Å². The van der Waals surface area contributed by atoms with Crippen LogP contribution in [0.3, 0.4) is 0 Å². The third kappa shape index (κ3) is 3.06. The van der Waals surface area contributed by atoms with Crippen molar-refractivity contribution >= 4 is 21.8 Å². The molecule has 0 N–H and O–H groups in total. The maximum atomic E-state index is 13.6. The van der Waals surface area contributed by atoms with Gasteiger partial charge in [0.1, 0.15) is 5.82 Å². The summed E-state index contributed by atoms with van der Waals surface area (Å²) < 4.78 is 14.3. The lowest BCUT2D eigenvalue weighted by Gasteiger charge is -2.35. The maximum absolute atomic E-state index is 13.6. The number of halogens is 2. The molecule has 94 valence electrons. The fourth-order valence-electron chi connectivity index (χ4n) is 1.35. The molecule has 0 heterocycles. The second-order valence-electron chi connectivity index (χ2n) is 4.65. The van der Waals surface area contributed by atoms with E-state index in [1.54, 1.807) is 18.0 Å². The van der Waals surface area contributed by atoms with Gasteiger partial charge in [-0.1, -0.05) is 22.9 Å². The van der Waals surface area contributed by atoms with Crippen molar-refractivity contribution in [3.8, 4) is 0 Å². The van der Waals surface area contributed by atoms with Crippen LogP contribution in [0.5, 0.6) is 0 Å². The van der Waals surface area contributed by atoms with Gasteiger partial charge in [0.05, 0.1) is 5.56 Å². The highest BCUT2D eigenvalue weighted by Gasteiger charge is 2.27. The van der Waals surface area contributed by atoms with Gasteiger partial charge in [-0.05, 0) is 38.5 Å². The van der Waals surface area contributed by atoms with Crippen LogP contribution in [0.2, 0.25) is 0 Å². The van der Waals surface area contributed by atoms with Crippen LogP contribution in [0.25, 0.3) is 0 Å². The number of benzene rings is 1. The summed E-state index contributed by atoms with van der Waals surface area (Å²) in [5.74, 6) is -0.785. The molecule has 4 heteroatoms. The molecular weight excluding hydrogens is 285 g/mol. The number of carbonyl (C=O) groups is 1. The number of amides is 1. The summed E-state index contributed by atoms with van der Waals surface area (Å²) in [5, 5.41) is 0. The summed E-state index contributed by atoms with van der Waals surface area (Å²) >= 11 is 3.24. The Bertz CT molecular complexity index is 431. The van der Waals surface area contributed by atoms with E-state index < -0.39 is 5.82 Å². The highest BCUT2D eigenvalue weighted by Crippen LogP contribution is 2.22. The molecule has 0 saturated carbocycles. The van der Waals surface area contributed by atoms with Gasteiger partial charge in [0.2, 0.25) is 0 Å². The first-order valence-electron chi connectivity index (χ1n) is 5.53. The van der Waals surface area contributed by atoms with Crippen LogP contribution in [0, 0.1) is 5.82 Å². The van der Waals surface area contributed by atoms with Crippen molar-refractivity contribution in [3.63, 3.8) is 0 Å². The zero-order valence-corrected chi connectivity index (χ0v) is 12.1. The average molecular weight is 302 g/mol. The second kappa shape index (κ2) is 5.17. The van der Waals surface area contributed by atoms with Crippen molar-refractivity contribution in [2.24, 2.45) is 0 Å². The first kappa shape index (κ1) is 14.2. The summed E-state index contributed by atoms with van der Waals surface area (Å²) in [4.78, 5) is 13.8. The number of rotatable bonds is 3. The SMILES string of the molecule is CCC(C)(C)N(C)C(=O)c1cc(Br)ccc1F. The zero-order valence-electron chi connectivity index (χ0n) is 10.6. The summed E-state index contributed by atoms with van der Waals surface area (Å²) in [5.41, 5.74) is -0.186. The molecule has 1 aromatic rings. The van der Waals surface area contributed by atoms with Crippen molar-refractivity contribution in [3.05, 3.63) is 34.1 Å². The van der Waals surface area contributed by atoms with Crippen LogP contribution < -0.4 is 0 Å². The number of carbonyl (C=O) groups excluding carboxylic acids is 1. The minimum Gasteiger partial charge on any atom is -0.337 e. The fraction of sp³-hybridized carbons (Fsp3) is 0.462. The maximum Gasteiger partial charge on any atom is 0.257 e. The van der Waals surface area contributed by atoms with Crippen LogP contribution >= 0.6 is 15.9 Å². The molecule has 0 aromatic heterocycles. The Labute approximate surface area is 110 Å². The molecular formula is C13H17BrFNO. The number of hydrogen-bond donors (Lipinski definition) is 0. The number of hydrogen-bond acceptors (Lipinski definition) is 1. The minimum absolute atomic E-state index is 0.100.